The van der Waals surface area contributed by atoms with E-state index >= 15 is 0 Å². The number of para-hydroxylation sites is 5. The van der Waals surface area contributed by atoms with Gasteiger partial charge in [0.2, 0.25) is 0 Å². The van der Waals surface area contributed by atoms with Crippen LogP contribution < -0.4 is 4.90 Å². The Hall–Kier alpha value is -5.64. The Labute approximate surface area is 265 Å². The van der Waals surface area contributed by atoms with Crippen molar-refractivity contribution in [2.24, 2.45) is 0 Å². The summed E-state index contributed by atoms with van der Waals surface area (Å²) in [4.78, 5) is 2.45. The zero-order chi connectivity index (χ0) is 29.7. The zero-order valence-electron chi connectivity index (χ0n) is 24.5. The highest BCUT2D eigenvalue weighted by Gasteiger charge is 2.24. The molecule has 3 heteroatoms. The van der Waals surface area contributed by atoms with Crippen LogP contribution in [0.1, 0.15) is 0 Å². The fraction of sp³-hybridized carbons (Fsp3) is 0. The van der Waals surface area contributed by atoms with Crippen molar-refractivity contribution in [1.82, 2.24) is 4.57 Å². The van der Waals surface area contributed by atoms with Crippen LogP contribution in [-0.2, 0) is 0 Å². The summed E-state index contributed by atoms with van der Waals surface area (Å²) in [5.41, 5.74) is 9.44. The first kappa shape index (κ1) is 25.8. The highest BCUT2D eigenvalue weighted by atomic mass is 32.1. The van der Waals surface area contributed by atoms with Crippen LogP contribution in [-0.4, -0.2) is 4.57 Å². The molecule has 0 fully saturated rings. The summed E-state index contributed by atoms with van der Waals surface area (Å²) in [6.07, 6.45) is 0. The van der Waals surface area contributed by atoms with E-state index in [1.165, 1.54) is 58.8 Å². The first-order valence-corrected chi connectivity index (χ1v) is 16.1. The predicted octanol–water partition coefficient (Wildman–Crippen LogP) is 12.3. The van der Waals surface area contributed by atoms with Crippen molar-refractivity contribution in [3.63, 3.8) is 0 Å². The molecule has 7 aromatic carbocycles. The number of benzene rings is 7. The van der Waals surface area contributed by atoms with Gasteiger partial charge in [-0.05, 0) is 59.7 Å². The van der Waals surface area contributed by atoms with Gasteiger partial charge in [-0.1, -0.05) is 121 Å². The van der Waals surface area contributed by atoms with Crippen molar-refractivity contribution < 1.29 is 0 Å². The first-order chi connectivity index (χ1) is 22.4. The summed E-state index contributed by atoms with van der Waals surface area (Å²) in [5, 5.41) is 5.07. The van der Waals surface area contributed by atoms with Crippen LogP contribution in [0.4, 0.5) is 17.1 Å². The number of anilines is 3. The van der Waals surface area contributed by atoms with E-state index in [0.29, 0.717) is 0 Å². The van der Waals surface area contributed by atoms with Gasteiger partial charge < -0.3 is 9.47 Å². The van der Waals surface area contributed by atoms with E-state index in [1.807, 2.05) is 11.3 Å². The average Bonchev–Trinajstić information content (AvgIpc) is 3.66. The third-order valence-corrected chi connectivity index (χ3v) is 9.99. The highest BCUT2D eigenvalue weighted by molar-refractivity contribution is 7.26. The van der Waals surface area contributed by atoms with E-state index in [9.17, 15) is 0 Å². The largest absolute Gasteiger partial charge is 0.308 e. The van der Waals surface area contributed by atoms with E-state index in [1.54, 1.807) is 0 Å². The van der Waals surface area contributed by atoms with Gasteiger partial charge in [-0.2, -0.15) is 0 Å². The quantitative estimate of drug-likeness (QED) is 0.193. The van der Waals surface area contributed by atoms with Gasteiger partial charge in [0, 0.05) is 36.6 Å². The van der Waals surface area contributed by atoms with Crippen molar-refractivity contribution in [3.05, 3.63) is 170 Å². The van der Waals surface area contributed by atoms with Gasteiger partial charge in [0.25, 0.3) is 0 Å². The fourth-order valence-corrected chi connectivity index (χ4v) is 8.11. The van der Waals surface area contributed by atoms with E-state index < -0.39 is 0 Å². The van der Waals surface area contributed by atoms with E-state index in [-0.39, 0.29) is 0 Å². The second-order valence-corrected chi connectivity index (χ2v) is 12.4. The van der Waals surface area contributed by atoms with Gasteiger partial charge in [-0.25, -0.2) is 0 Å². The second kappa shape index (κ2) is 10.5. The molecule has 0 bridgehead atoms. The van der Waals surface area contributed by atoms with Gasteiger partial charge in [0.05, 0.1) is 28.1 Å². The number of rotatable bonds is 5. The normalized spacial score (nSPS) is 11.6. The monoisotopic (exact) mass is 592 g/mol. The molecule has 0 N–H and O–H groups in total. The Kier molecular flexibility index (Phi) is 6.03. The molecule has 45 heavy (non-hydrogen) atoms. The van der Waals surface area contributed by atoms with Crippen molar-refractivity contribution >= 4 is 70.4 Å². The van der Waals surface area contributed by atoms with Crippen molar-refractivity contribution in [1.29, 1.82) is 0 Å². The molecule has 0 aliphatic rings. The minimum absolute atomic E-state index is 1.12. The zero-order valence-corrected chi connectivity index (χ0v) is 25.3. The summed E-state index contributed by atoms with van der Waals surface area (Å²) in [6, 6.07) is 61.3. The van der Waals surface area contributed by atoms with Gasteiger partial charge in [0.15, 0.2) is 0 Å². The maximum Gasteiger partial charge on any atom is 0.0702 e. The number of nitrogens with zero attached hydrogens (tertiary/aromatic N) is 2. The summed E-state index contributed by atoms with van der Waals surface area (Å²) in [7, 11) is 0. The third kappa shape index (κ3) is 4.09. The van der Waals surface area contributed by atoms with E-state index in [0.717, 1.165) is 17.1 Å². The Bertz CT molecular complexity index is 2440. The Morgan fingerprint density at radius 1 is 0.444 bits per heavy atom. The highest BCUT2D eigenvalue weighted by Crippen LogP contribution is 2.49. The third-order valence-electron chi connectivity index (χ3n) is 8.79. The minimum atomic E-state index is 1.12. The topological polar surface area (TPSA) is 8.17 Å². The molecule has 0 aliphatic heterocycles. The second-order valence-electron chi connectivity index (χ2n) is 11.3. The maximum atomic E-state index is 2.45. The summed E-state index contributed by atoms with van der Waals surface area (Å²) >= 11 is 1.88. The Morgan fingerprint density at radius 2 is 1.02 bits per heavy atom. The van der Waals surface area contributed by atoms with Crippen LogP contribution >= 0.6 is 11.3 Å². The van der Waals surface area contributed by atoms with E-state index in [2.05, 4.69) is 179 Å². The Morgan fingerprint density at radius 3 is 1.76 bits per heavy atom. The SMILES string of the molecule is c1ccc(-c2ccc(N(c3ccccc3)c3ccccc3-n3c4ccccc4c4ccccc43)c3c2sc2ccccc23)cc1. The van der Waals surface area contributed by atoms with E-state index in [4.69, 9.17) is 0 Å². The Balaban J connectivity index is 1.39. The molecule has 9 rings (SSSR count). The number of hydrogen-bond acceptors (Lipinski definition) is 2. The average molecular weight is 593 g/mol. The molecule has 0 saturated carbocycles. The summed E-state index contributed by atoms with van der Waals surface area (Å²) in [5.74, 6) is 0. The molecule has 0 radical (unpaired) electrons. The maximum absolute atomic E-state index is 2.45. The lowest BCUT2D eigenvalue weighted by Gasteiger charge is -2.29. The lowest BCUT2D eigenvalue weighted by molar-refractivity contribution is 1.15. The van der Waals surface area contributed by atoms with Gasteiger partial charge in [-0.15, -0.1) is 11.3 Å². The van der Waals surface area contributed by atoms with Crippen molar-refractivity contribution in [2.45, 2.75) is 0 Å². The van der Waals surface area contributed by atoms with Crippen LogP contribution in [0.15, 0.2) is 170 Å². The molecule has 0 atom stereocenters. The summed E-state index contributed by atoms with van der Waals surface area (Å²) in [6.45, 7) is 0. The number of thiophene rings is 1. The van der Waals surface area contributed by atoms with Gasteiger partial charge in [0.1, 0.15) is 0 Å². The molecule has 2 aromatic heterocycles. The molecule has 2 heterocycles. The molecule has 0 unspecified atom stereocenters. The summed E-state index contributed by atoms with van der Waals surface area (Å²) < 4.78 is 5.02. The molecule has 9 aromatic rings. The number of aromatic nitrogens is 1. The van der Waals surface area contributed by atoms with Crippen LogP contribution in [0.25, 0.3) is 58.8 Å². The van der Waals surface area contributed by atoms with Gasteiger partial charge >= 0.3 is 0 Å². The molecule has 0 aliphatic carbocycles. The van der Waals surface area contributed by atoms with Crippen LogP contribution in [0.3, 0.4) is 0 Å². The predicted molar refractivity (Wildman–Crippen MR) is 194 cm³/mol. The molecule has 2 nitrogen and oxygen atoms in total. The molecule has 0 spiro atoms. The van der Waals surface area contributed by atoms with Crippen LogP contribution in [0.2, 0.25) is 0 Å². The van der Waals surface area contributed by atoms with Crippen LogP contribution in [0.5, 0.6) is 0 Å². The van der Waals surface area contributed by atoms with Gasteiger partial charge in [-0.3, -0.25) is 0 Å². The molecular formula is C42H28N2S. The first-order valence-electron chi connectivity index (χ1n) is 15.3. The lowest BCUT2D eigenvalue weighted by atomic mass is 10.00. The minimum Gasteiger partial charge on any atom is -0.308 e. The molecular weight excluding hydrogens is 565 g/mol. The molecule has 0 saturated heterocycles. The fourth-order valence-electron chi connectivity index (χ4n) is 6.85. The molecule has 0 amide bonds. The lowest BCUT2D eigenvalue weighted by Crippen LogP contribution is -2.13. The molecule has 212 valence electrons. The smallest absolute Gasteiger partial charge is 0.0702 e. The standard InChI is InChI=1S/C42H28N2S/c1-3-15-29(16-4-1)31-27-28-39(41-34-21-9-14-26-40(34)45-42(31)41)43(30-17-5-2-6-18-30)37-24-12-13-25-38(37)44-35-22-10-7-19-32(35)33-20-8-11-23-36(33)44/h1-28H. The number of hydrogen-bond donors (Lipinski definition) is 0. The van der Waals surface area contributed by atoms with Crippen molar-refractivity contribution in [3.8, 4) is 16.8 Å². The van der Waals surface area contributed by atoms with Crippen LogP contribution in [0, 0.1) is 0 Å². The number of fused-ring (bicyclic) bond motifs is 6. The van der Waals surface area contributed by atoms with Crippen molar-refractivity contribution in [2.75, 3.05) is 4.90 Å².